The van der Waals surface area contributed by atoms with Crippen LogP contribution in [0.3, 0.4) is 0 Å². The van der Waals surface area contributed by atoms with E-state index in [9.17, 15) is 4.39 Å². The van der Waals surface area contributed by atoms with E-state index < -0.39 is 0 Å². The molecule has 25 heavy (non-hydrogen) atoms. The first-order valence-corrected chi connectivity index (χ1v) is 8.71. The summed E-state index contributed by atoms with van der Waals surface area (Å²) in [6.45, 7) is 5.54. The lowest BCUT2D eigenvalue weighted by atomic mass is 10.0. The number of aryl methyl sites for hydroxylation is 2. The lowest BCUT2D eigenvalue weighted by molar-refractivity contribution is 0.400. The van der Waals surface area contributed by atoms with Gasteiger partial charge in [-0.25, -0.2) is 4.39 Å². The van der Waals surface area contributed by atoms with E-state index in [1.54, 1.807) is 12.1 Å². The number of fused-ring (bicyclic) bond motifs is 1. The predicted octanol–water partition coefficient (Wildman–Crippen LogP) is 2.48. The van der Waals surface area contributed by atoms with Crippen LogP contribution in [0.5, 0.6) is 0 Å². The van der Waals surface area contributed by atoms with Gasteiger partial charge in [-0.15, -0.1) is 0 Å². The van der Waals surface area contributed by atoms with Crippen LogP contribution >= 0.6 is 0 Å². The van der Waals surface area contributed by atoms with Gasteiger partial charge in [0.2, 0.25) is 0 Å². The molecule has 6 heteroatoms. The predicted molar refractivity (Wildman–Crippen MR) is 100 cm³/mol. The van der Waals surface area contributed by atoms with Crippen molar-refractivity contribution in [3.05, 3.63) is 46.9 Å². The molecule has 134 valence electrons. The first-order valence-electron chi connectivity index (χ1n) is 8.71. The second-order valence-electron chi connectivity index (χ2n) is 6.79. The van der Waals surface area contributed by atoms with Crippen LogP contribution < -0.4 is 4.90 Å². The maximum atomic E-state index is 13.7. The van der Waals surface area contributed by atoms with Gasteiger partial charge in [0.1, 0.15) is 11.6 Å². The number of anilines is 1. The minimum Gasteiger partial charge on any atom is -0.354 e. The van der Waals surface area contributed by atoms with Crippen molar-refractivity contribution >= 4 is 11.5 Å². The highest BCUT2D eigenvalue weighted by molar-refractivity contribution is 6.16. The zero-order valence-electron chi connectivity index (χ0n) is 15.5. The van der Waals surface area contributed by atoms with Gasteiger partial charge in [0, 0.05) is 25.7 Å². The van der Waals surface area contributed by atoms with Gasteiger partial charge in [-0.1, -0.05) is 12.1 Å². The van der Waals surface area contributed by atoms with Crippen LogP contribution in [0.25, 0.3) is 0 Å². The molecule has 2 heterocycles. The van der Waals surface area contributed by atoms with Crippen molar-refractivity contribution < 1.29 is 4.39 Å². The highest BCUT2D eigenvalue weighted by Crippen LogP contribution is 2.29. The summed E-state index contributed by atoms with van der Waals surface area (Å²) in [6.07, 6.45) is 1.08. The van der Waals surface area contributed by atoms with Gasteiger partial charge in [-0.05, 0) is 46.1 Å². The first kappa shape index (κ1) is 17.6. The maximum absolute atomic E-state index is 13.7. The number of hydrogen-bond donors (Lipinski definition) is 0. The third kappa shape index (κ3) is 3.74. The number of benzene rings is 1. The topological polar surface area (TPSA) is 36.7 Å². The van der Waals surface area contributed by atoms with Crippen LogP contribution in [0.15, 0.2) is 29.3 Å². The van der Waals surface area contributed by atoms with Gasteiger partial charge in [-0.2, -0.15) is 5.10 Å². The fraction of sp³-hybridized carbons (Fsp3) is 0.474. The smallest absolute Gasteiger partial charge is 0.136 e. The number of hydrogen-bond acceptors (Lipinski definition) is 4. The fourth-order valence-corrected chi connectivity index (χ4v) is 3.42. The molecule has 1 aliphatic rings. The molecule has 0 fully saturated rings. The van der Waals surface area contributed by atoms with Crippen LogP contribution in [-0.4, -0.2) is 60.7 Å². The van der Waals surface area contributed by atoms with Gasteiger partial charge < -0.3 is 9.80 Å². The molecule has 0 unspecified atom stereocenters. The summed E-state index contributed by atoms with van der Waals surface area (Å²) in [4.78, 5) is 9.34. The second-order valence-corrected chi connectivity index (χ2v) is 6.79. The summed E-state index contributed by atoms with van der Waals surface area (Å²) >= 11 is 0. The first-order chi connectivity index (χ1) is 12.0. The van der Waals surface area contributed by atoms with Crippen LogP contribution in [0, 0.1) is 12.7 Å². The standard InChI is InChI=1S/C19H26FN5/c1-14-17-18(15-7-5-8-16(20)13-15)21-9-12-25(11-6-10-23(2)3)19(17)24(4)22-14/h5,7-8,13H,6,9-12H2,1-4H3. The van der Waals surface area contributed by atoms with Crippen molar-refractivity contribution in [2.24, 2.45) is 12.0 Å². The Hall–Kier alpha value is -2.21. The van der Waals surface area contributed by atoms with Gasteiger partial charge in [0.15, 0.2) is 0 Å². The van der Waals surface area contributed by atoms with E-state index >= 15 is 0 Å². The minimum atomic E-state index is -0.240. The molecule has 0 aliphatic carbocycles. The number of nitrogens with zero attached hydrogens (tertiary/aromatic N) is 5. The maximum Gasteiger partial charge on any atom is 0.136 e. The Morgan fingerprint density at radius 3 is 2.80 bits per heavy atom. The van der Waals surface area contributed by atoms with Crippen molar-refractivity contribution in [2.75, 3.05) is 45.2 Å². The van der Waals surface area contributed by atoms with E-state index in [4.69, 9.17) is 4.99 Å². The van der Waals surface area contributed by atoms with Crippen LogP contribution in [0.2, 0.25) is 0 Å². The van der Waals surface area contributed by atoms with Crippen LogP contribution in [-0.2, 0) is 7.05 Å². The molecular formula is C19H26FN5. The molecule has 0 bridgehead atoms. The van der Waals surface area contributed by atoms with Crippen LogP contribution in [0.4, 0.5) is 10.2 Å². The quantitative estimate of drug-likeness (QED) is 0.837. The van der Waals surface area contributed by atoms with Gasteiger partial charge in [-0.3, -0.25) is 9.67 Å². The van der Waals surface area contributed by atoms with Crippen LogP contribution in [0.1, 0.15) is 23.2 Å². The number of aromatic nitrogens is 2. The molecule has 0 saturated carbocycles. The summed E-state index contributed by atoms with van der Waals surface area (Å²) < 4.78 is 15.7. The van der Waals surface area contributed by atoms with E-state index in [0.29, 0.717) is 6.54 Å². The summed E-state index contributed by atoms with van der Waals surface area (Å²) in [5.41, 5.74) is 3.61. The van der Waals surface area contributed by atoms with E-state index in [2.05, 4.69) is 29.0 Å². The molecule has 2 aromatic rings. The average molecular weight is 343 g/mol. The lowest BCUT2D eigenvalue weighted by Gasteiger charge is -2.24. The molecule has 0 radical (unpaired) electrons. The SMILES string of the molecule is Cc1nn(C)c2c1C(c1cccc(F)c1)=NCCN2CCCN(C)C. The van der Waals surface area contributed by atoms with E-state index in [0.717, 1.165) is 54.4 Å². The van der Waals surface area contributed by atoms with Crippen molar-refractivity contribution in [1.82, 2.24) is 14.7 Å². The molecule has 1 aromatic heterocycles. The molecule has 0 amide bonds. The van der Waals surface area contributed by atoms with E-state index in [1.807, 2.05) is 24.7 Å². The van der Waals surface area contributed by atoms with Gasteiger partial charge in [0.25, 0.3) is 0 Å². The molecule has 0 N–H and O–H groups in total. The molecule has 0 atom stereocenters. The normalized spacial score (nSPS) is 14.5. The number of rotatable bonds is 5. The largest absolute Gasteiger partial charge is 0.354 e. The third-order valence-electron chi connectivity index (χ3n) is 4.50. The molecule has 3 rings (SSSR count). The monoisotopic (exact) mass is 343 g/mol. The molecule has 0 saturated heterocycles. The zero-order valence-corrected chi connectivity index (χ0v) is 15.5. The zero-order chi connectivity index (χ0) is 18.0. The fourth-order valence-electron chi connectivity index (χ4n) is 3.42. The van der Waals surface area contributed by atoms with Gasteiger partial charge in [0.05, 0.1) is 23.5 Å². The third-order valence-corrected chi connectivity index (χ3v) is 4.50. The lowest BCUT2D eigenvalue weighted by Crippen LogP contribution is -2.31. The molecule has 0 spiro atoms. The minimum absolute atomic E-state index is 0.240. The Morgan fingerprint density at radius 2 is 2.08 bits per heavy atom. The van der Waals surface area contributed by atoms with Crippen molar-refractivity contribution in [2.45, 2.75) is 13.3 Å². The Balaban J connectivity index is 1.98. The highest BCUT2D eigenvalue weighted by atomic mass is 19.1. The van der Waals surface area contributed by atoms with Crippen molar-refractivity contribution in [3.8, 4) is 0 Å². The van der Waals surface area contributed by atoms with E-state index in [1.165, 1.54) is 6.07 Å². The highest BCUT2D eigenvalue weighted by Gasteiger charge is 2.26. The van der Waals surface area contributed by atoms with E-state index in [-0.39, 0.29) is 5.82 Å². The Morgan fingerprint density at radius 1 is 1.28 bits per heavy atom. The average Bonchev–Trinajstić information content (AvgIpc) is 2.73. The molecule has 5 nitrogen and oxygen atoms in total. The summed E-state index contributed by atoms with van der Waals surface area (Å²) in [7, 11) is 6.15. The van der Waals surface area contributed by atoms with Crippen molar-refractivity contribution in [3.63, 3.8) is 0 Å². The summed E-state index contributed by atoms with van der Waals surface area (Å²) in [5.74, 6) is 0.840. The number of aliphatic imine (C=N–C) groups is 1. The second kappa shape index (κ2) is 7.35. The Kier molecular flexibility index (Phi) is 5.18. The number of halogens is 1. The molecular weight excluding hydrogens is 317 g/mol. The Bertz CT molecular complexity index is 778. The Labute approximate surface area is 148 Å². The van der Waals surface area contributed by atoms with Gasteiger partial charge >= 0.3 is 0 Å². The summed E-state index contributed by atoms with van der Waals surface area (Å²) in [5, 5.41) is 4.62. The molecule has 1 aromatic carbocycles. The summed E-state index contributed by atoms with van der Waals surface area (Å²) in [6, 6.07) is 6.67. The molecule has 1 aliphatic heterocycles. The van der Waals surface area contributed by atoms with Crippen molar-refractivity contribution in [1.29, 1.82) is 0 Å².